The molecule has 1 unspecified atom stereocenters. The van der Waals surface area contributed by atoms with Crippen LogP contribution in [0.15, 0.2) is 48.5 Å². The first-order valence-corrected chi connectivity index (χ1v) is 8.26. The fourth-order valence-corrected chi connectivity index (χ4v) is 2.62. The van der Waals surface area contributed by atoms with Crippen molar-refractivity contribution < 1.29 is 19.0 Å². The van der Waals surface area contributed by atoms with E-state index in [0.29, 0.717) is 36.9 Å². The fourth-order valence-electron chi connectivity index (χ4n) is 2.62. The summed E-state index contributed by atoms with van der Waals surface area (Å²) in [5.41, 5.74) is 0.731. The van der Waals surface area contributed by atoms with Crippen LogP contribution >= 0.6 is 0 Å². The second-order valence-corrected chi connectivity index (χ2v) is 5.76. The molecular weight excluding hydrogens is 320 g/mol. The zero-order chi connectivity index (χ0) is 17.5. The lowest BCUT2D eigenvalue weighted by Gasteiger charge is -2.23. The molecule has 1 aliphatic heterocycles. The highest BCUT2D eigenvalue weighted by atomic mass is 16.5. The van der Waals surface area contributed by atoms with Gasteiger partial charge in [-0.3, -0.25) is 4.79 Å². The number of nitrogens with one attached hydrogen (secondary N) is 2. The van der Waals surface area contributed by atoms with Gasteiger partial charge in [-0.1, -0.05) is 12.1 Å². The minimum Gasteiger partial charge on any atom is -0.493 e. The van der Waals surface area contributed by atoms with E-state index in [2.05, 4.69) is 10.6 Å². The lowest BCUT2D eigenvalue weighted by Crippen LogP contribution is -2.43. The van der Waals surface area contributed by atoms with E-state index < -0.39 is 0 Å². The Labute approximate surface area is 147 Å². The zero-order valence-electron chi connectivity index (χ0n) is 14.2. The summed E-state index contributed by atoms with van der Waals surface area (Å²) in [6.45, 7) is 2.05. The van der Waals surface area contributed by atoms with Crippen LogP contribution in [0.1, 0.15) is 6.42 Å². The topological polar surface area (TPSA) is 68.8 Å². The van der Waals surface area contributed by atoms with Crippen molar-refractivity contribution in [1.29, 1.82) is 0 Å². The molecule has 3 rings (SSSR count). The summed E-state index contributed by atoms with van der Waals surface area (Å²) < 4.78 is 16.4. The van der Waals surface area contributed by atoms with Gasteiger partial charge in [-0.2, -0.15) is 0 Å². The van der Waals surface area contributed by atoms with Gasteiger partial charge < -0.3 is 24.8 Å². The van der Waals surface area contributed by atoms with Crippen LogP contribution in [-0.2, 0) is 9.53 Å². The highest BCUT2D eigenvalue weighted by Crippen LogP contribution is 2.31. The number of hydrogen-bond acceptors (Lipinski definition) is 5. The number of anilines is 1. The van der Waals surface area contributed by atoms with Crippen molar-refractivity contribution in [3.63, 3.8) is 0 Å². The average molecular weight is 342 g/mol. The summed E-state index contributed by atoms with van der Waals surface area (Å²) in [6.07, 6.45) is 0.388. The summed E-state index contributed by atoms with van der Waals surface area (Å²) >= 11 is 0. The summed E-state index contributed by atoms with van der Waals surface area (Å²) in [7, 11) is 1.60. The van der Waals surface area contributed by atoms with Crippen LogP contribution in [0, 0.1) is 0 Å². The Balaban J connectivity index is 1.55. The van der Waals surface area contributed by atoms with E-state index in [1.54, 1.807) is 7.11 Å². The number of rotatable bonds is 6. The van der Waals surface area contributed by atoms with Gasteiger partial charge in [0.1, 0.15) is 5.75 Å². The van der Waals surface area contributed by atoms with Gasteiger partial charge in [0.2, 0.25) is 5.91 Å². The molecule has 2 aromatic rings. The first-order chi connectivity index (χ1) is 12.2. The molecule has 2 aromatic carbocycles. The van der Waals surface area contributed by atoms with E-state index >= 15 is 0 Å². The first-order valence-electron chi connectivity index (χ1n) is 8.26. The van der Waals surface area contributed by atoms with Gasteiger partial charge in [-0.05, 0) is 36.4 Å². The number of methoxy groups -OCH3 is 1. The number of para-hydroxylation sites is 2. The Hall–Kier alpha value is -2.57. The minimum absolute atomic E-state index is 0.0404. The van der Waals surface area contributed by atoms with Crippen molar-refractivity contribution >= 4 is 11.6 Å². The van der Waals surface area contributed by atoms with Gasteiger partial charge in [0.25, 0.3) is 0 Å². The minimum atomic E-state index is -0.0404. The van der Waals surface area contributed by atoms with Crippen LogP contribution in [0.25, 0.3) is 0 Å². The molecule has 0 bridgehead atoms. The third-order valence-electron chi connectivity index (χ3n) is 3.87. The molecular formula is C19H22N2O4. The largest absolute Gasteiger partial charge is 0.493 e. The second kappa shape index (κ2) is 8.50. The quantitative estimate of drug-likeness (QED) is 0.845. The predicted molar refractivity (Wildman–Crippen MR) is 95.4 cm³/mol. The van der Waals surface area contributed by atoms with Gasteiger partial charge in [0.15, 0.2) is 11.5 Å². The van der Waals surface area contributed by atoms with Crippen LogP contribution in [0.3, 0.4) is 0 Å². The second-order valence-electron chi connectivity index (χ2n) is 5.76. The molecule has 0 radical (unpaired) electrons. The van der Waals surface area contributed by atoms with Gasteiger partial charge in [-0.25, -0.2) is 0 Å². The number of carbonyl (C=O) groups excluding carboxylic acids is 1. The van der Waals surface area contributed by atoms with Crippen LogP contribution in [0.4, 0.5) is 5.69 Å². The average Bonchev–Trinajstić information content (AvgIpc) is 2.64. The molecule has 1 fully saturated rings. The Bertz CT molecular complexity index is 697. The third-order valence-corrected chi connectivity index (χ3v) is 3.87. The van der Waals surface area contributed by atoms with Crippen LogP contribution in [0.2, 0.25) is 0 Å². The SMILES string of the molecule is COc1ccccc1Oc1ccc(NC(=O)CC2COCCN2)cc1. The van der Waals surface area contributed by atoms with Gasteiger partial charge >= 0.3 is 0 Å². The van der Waals surface area contributed by atoms with E-state index in [-0.39, 0.29) is 11.9 Å². The van der Waals surface area contributed by atoms with E-state index in [1.807, 2.05) is 48.5 Å². The molecule has 6 heteroatoms. The number of benzene rings is 2. The maximum Gasteiger partial charge on any atom is 0.226 e. The third kappa shape index (κ3) is 4.95. The standard InChI is InChI=1S/C19H22N2O4/c1-23-17-4-2-3-5-18(17)25-16-8-6-14(7-9-16)21-19(22)12-15-13-24-11-10-20-15/h2-9,15,20H,10-13H2,1H3,(H,21,22). The summed E-state index contributed by atoms with van der Waals surface area (Å²) in [5, 5.41) is 6.15. The molecule has 1 saturated heterocycles. The Morgan fingerprint density at radius 2 is 1.96 bits per heavy atom. The van der Waals surface area contributed by atoms with Crippen LogP contribution < -0.4 is 20.1 Å². The number of carbonyl (C=O) groups is 1. The van der Waals surface area contributed by atoms with Crippen molar-refractivity contribution in [3.8, 4) is 17.2 Å². The molecule has 1 aliphatic rings. The summed E-state index contributed by atoms with van der Waals surface area (Å²) in [4.78, 5) is 12.1. The highest BCUT2D eigenvalue weighted by Gasteiger charge is 2.16. The maximum atomic E-state index is 12.1. The molecule has 0 aliphatic carbocycles. The van der Waals surface area contributed by atoms with E-state index in [9.17, 15) is 4.79 Å². The smallest absolute Gasteiger partial charge is 0.226 e. The Morgan fingerprint density at radius 3 is 2.64 bits per heavy atom. The molecule has 132 valence electrons. The number of amides is 1. The van der Waals surface area contributed by atoms with Crippen molar-refractivity contribution in [2.45, 2.75) is 12.5 Å². The lowest BCUT2D eigenvalue weighted by atomic mass is 10.2. The molecule has 0 aromatic heterocycles. The Morgan fingerprint density at radius 1 is 1.20 bits per heavy atom. The lowest BCUT2D eigenvalue weighted by molar-refractivity contribution is -0.117. The normalized spacial score (nSPS) is 16.9. The van der Waals surface area contributed by atoms with Gasteiger partial charge in [0, 0.05) is 24.7 Å². The predicted octanol–water partition coefficient (Wildman–Crippen LogP) is 2.80. The number of ether oxygens (including phenoxy) is 3. The Kier molecular flexibility index (Phi) is 5.87. The molecule has 1 heterocycles. The van der Waals surface area contributed by atoms with E-state index in [1.165, 1.54) is 0 Å². The van der Waals surface area contributed by atoms with Crippen molar-refractivity contribution in [2.75, 3.05) is 32.2 Å². The fraction of sp³-hybridized carbons (Fsp3) is 0.316. The summed E-state index contributed by atoms with van der Waals surface area (Å²) in [5.74, 6) is 1.94. The zero-order valence-corrected chi connectivity index (χ0v) is 14.2. The van der Waals surface area contributed by atoms with Gasteiger partial charge in [-0.15, -0.1) is 0 Å². The molecule has 6 nitrogen and oxygen atoms in total. The van der Waals surface area contributed by atoms with Crippen LogP contribution in [0.5, 0.6) is 17.2 Å². The molecule has 0 saturated carbocycles. The molecule has 0 spiro atoms. The molecule has 1 atom stereocenters. The highest BCUT2D eigenvalue weighted by molar-refractivity contribution is 5.91. The number of morpholine rings is 1. The van der Waals surface area contributed by atoms with E-state index in [4.69, 9.17) is 14.2 Å². The molecule has 2 N–H and O–H groups in total. The van der Waals surface area contributed by atoms with Crippen LogP contribution in [-0.4, -0.2) is 38.8 Å². The van der Waals surface area contributed by atoms with E-state index in [0.717, 1.165) is 12.2 Å². The monoisotopic (exact) mass is 342 g/mol. The maximum absolute atomic E-state index is 12.1. The van der Waals surface area contributed by atoms with Crippen molar-refractivity contribution in [2.24, 2.45) is 0 Å². The molecule has 25 heavy (non-hydrogen) atoms. The molecule has 1 amide bonds. The van der Waals surface area contributed by atoms with Gasteiger partial charge in [0.05, 0.1) is 20.3 Å². The first kappa shape index (κ1) is 17.3. The number of hydrogen-bond donors (Lipinski definition) is 2. The van der Waals surface area contributed by atoms with Crippen molar-refractivity contribution in [3.05, 3.63) is 48.5 Å². The summed E-state index contributed by atoms with van der Waals surface area (Å²) in [6, 6.07) is 14.8. The van der Waals surface area contributed by atoms with Crippen molar-refractivity contribution in [1.82, 2.24) is 5.32 Å².